The second kappa shape index (κ2) is 5.32. The molecule has 110 valence electrons. The van der Waals surface area contributed by atoms with Crippen molar-refractivity contribution in [3.05, 3.63) is 53.1 Å². The number of phenols is 1. The molecule has 0 bridgehead atoms. The van der Waals surface area contributed by atoms with E-state index in [1.54, 1.807) is 13.2 Å². The van der Waals surface area contributed by atoms with Gasteiger partial charge in [-0.3, -0.25) is 0 Å². The molecule has 3 nitrogen and oxygen atoms in total. The maximum Gasteiger partial charge on any atom is 0.141 e. The van der Waals surface area contributed by atoms with Gasteiger partial charge in [-0.05, 0) is 48.6 Å². The van der Waals surface area contributed by atoms with Crippen LogP contribution in [0.2, 0.25) is 0 Å². The molecule has 1 aliphatic carbocycles. The Morgan fingerprint density at radius 2 is 1.90 bits per heavy atom. The van der Waals surface area contributed by atoms with Crippen molar-refractivity contribution in [3.63, 3.8) is 0 Å². The number of nitrogens with one attached hydrogen (secondary N) is 1. The summed E-state index contributed by atoms with van der Waals surface area (Å²) in [6.45, 7) is 4.33. The van der Waals surface area contributed by atoms with E-state index in [-0.39, 0.29) is 6.04 Å². The zero-order valence-corrected chi connectivity index (χ0v) is 12.7. The van der Waals surface area contributed by atoms with Crippen molar-refractivity contribution in [2.75, 3.05) is 12.4 Å². The van der Waals surface area contributed by atoms with Crippen LogP contribution in [-0.2, 0) is 0 Å². The Hall–Kier alpha value is -2.16. The van der Waals surface area contributed by atoms with Gasteiger partial charge < -0.3 is 15.2 Å². The minimum Gasteiger partial charge on any atom is -0.508 e. The molecule has 2 aromatic carbocycles. The number of hydrogen-bond acceptors (Lipinski definition) is 3. The van der Waals surface area contributed by atoms with Crippen LogP contribution in [0.1, 0.15) is 42.0 Å². The van der Waals surface area contributed by atoms with Crippen molar-refractivity contribution >= 4 is 5.69 Å². The number of para-hydroxylation sites is 2. The van der Waals surface area contributed by atoms with Crippen molar-refractivity contribution in [3.8, 4) is 11.5 Å². The number of rotatable bonds is 3. The summed E-state index contributed by atoms with van der Waals surface area (Å²) in [4.78, 5) is 0. The number of aryl methyl sites for hydroxylation is 1. The molecule has 0 heterocycles. The minimum atomic E-state index is 0.117. The molecular formula is C18H21NO2. The second-order valence-electron chi connectivity index (χ2n) is 5.76. The number of benzene rings is 2. The maximum absolute atomic E-state index is 10.3. The van der Waals surface area contributed by atoms with Gasteiger partial charge in [0.1, 0.15) is 11.5 Å². The maximum atomic E-state index is 10.3. The first-order valence-electron chi connectivity index (χ1n) is 7.33. The van der Waals surface area contributed by atoms with Gasteiger partial charge in [-0.1, -0.05) is 25.1 Å². The third-order valence-electron chi connectivity index (χ3n) is 4.35. The van der Waals surface area contributed by atoms with Crippen LogP contribution in [0.5, 0.6) is 11.5 Å². The lowest BCUT2D eigenvalue weighted by Gasteiger charge is -2.19. The SMILES string of the molecule is COc1ccccc1NC1CC(C)c2c(C)ccc(O)c21. The predicted molar refractivity (Wildman–Crippen MR) is 85.2 cm³/mol. The predicted octanol–water partition coefficient (Wildman–Crippen LogP) is 4.37. The monoisotopic (exact) mass is 283 g/mol. The molecule has 3 heteroatoms. The normalized spacial score (nSPS) is 20.1. The number of phenolic OH excluding ortho intramolecular Hbond substituents is 1. The smallest absolute Gasteiger partial charge is 0.141 e. The molecule has 0 saturated heterocycles. The van der Waals surface area contributed by atoms with Crippen LogP contribution >= 0.6 is 0 Å². The fourth-order valence-electron chi connectivity index (χ4n) is 3.43. The Morgan fingerprint density at radius 1 is 1.14 bits per heavy atom. The minimum absolute atomic E-state index is 0.117. The first-order valence-corrected chi connectivity index (χ1v) is 7.33. The lowest BCUT2D eigenvalue weighted by atomic mass is 9.97. The summed E-state index contributed by atoms with van der Waals surface area (Å²) in [6.07, 6.45) is 0.978. The van der Waals surface area contributed by atoms with Crippen LogP contribution in [0.3, 0.4) is 0 Å². The van der Waals surface area contributed by atoms with Crippen LogP contribution in [-0.4, -0.2) is 12.2 Å². The highest BCUT2D eigenvalue weighted by Gasteiger charge is 2.32. The molecule has 0 saturated carbocycles. The van der Waals surface area contributed by atoms with E-state index in [2.05, 4.69) is 19.2 Å². The molecule has 0 amide bonds. The van der Waals surface area contributed by atoms with Gasteiger partial charge in [-0.15, -0.1) is 0 Å². The van der Waals surface area contributed by atoms with E-state index in [9.17, 15) is 5.11 Å². The lowest BCUT2D eigenvalue weighted by Crippen LogP contribution is -2.08. The summed E-state index contributed by atoms with van der Waals surface area (Å²) >= 11 is 0. The number of hydrogen-bond donors (Lipinski definition) is 2. The van der Waals surface area contributed by atoms with E-state index >= 15 is 0 Å². The number of fused-ring (bicyclic) bond motifs is 1. The summed E-state index contributed by atoms with van der Waals surface area (Å²) in [5.41, 5.74) is 4.53. The van der Waals surface area contributed by atoms with Gasteiger partial charge in [0.25, 0.3) is 0 Å². The number of methoxy groups -OCH3 is 1. The van der Waals surface area contributed by atoms with Crippen LogP contribution in [0.4, 0.5) is 5.69 Å². The molecule has 1 aliphatic rings. The fraction of sp³-hybridized carbons (Fsp3) is 0.333. The van der Waals surface area contributed by atoms with Crippen molar-refractivity contribution in [2.45, 2.75) is 32.2 Å². The molecule has 0 spiro atoms. The van der Waals surface area contributed by atoms with Gasteiger partial charge in [0.05, 0.1) is 18.8 Å². The number of anilines is 1. The quantitative estimate of drug-likeness (QED) is 0.879. The highest BCUT2D eigenvalue weighted by Crippen LogP contribution is 2.47. The molecular weight excluding hydrogens is 262 g/mol. The molecule has 0 aromatic heterocycles. The van der Waals surface area contributed by atoms with E-state index in [0.717, 1.165) is 23.4 Å². The zero-order chi connectivity index (χ0) is 15.0. The summed E-state index contributed by atoms with van der Waals surface area (Å²) in [5, 5.41) is 13.8. The highest BCUT2D eigenvalue weighted by atomic mass is 16.5. The summed E-state index contributed by atoms with van der Waals surface area (Å²) in [6, 6.07) is 11.8. The lowest BCUT2D eigenvalue weighted by molar-refractivity contribution is 0.415. The van der Waals surface area contributed by atoms with Gasteiger partial charge in [0.15, 0.2) is 0 Å². The molecule has 0 fully saturated rings. The molecule has 2 atom stereocenters. The van der Waals surface area contributed by atoms with Gasteiger partial charge in [-0.2, -0.15) is 0 Å². The molecule has 0 aliphatic heterocycles. The first-order chi connectivity index (χ1) is 10.1. The molecule has 2 unspecified atom stereocenters. The second-order valence-corrected chi connectivity index (χ2v) is 5.76. The van der Waals surface area contributed by atoms with E-state index in [4.69, 9.17) is 4.74 Å². The van der Waals surface area contributed by atoms with E-state index in [1.807, 2.05) is 30.3 Å². The van der Waals surface area contributed by atoms with Crippen molar-refractivity contribution < 1.29 is 9.84 Å². The van der Waals surface area contributed by atoms with Gasteiger partial charge in [0, 0.05) is 5.56 Å². The summed E-state index contributed by atoms with van der Waals surface area (Å²) < 4.78 is 5.40. The van der Waals surface area contributed by atoms with Crippen molar-refractivity contribution in [1.82, 2.24) is 0 Å². The zero-order valence-electron chi connectivity index (χ0n) is 12.7. The van der Waals surface area contributed by atoms with Gasteiger partial charge in [0.2, 0.25) is 0 Å². The van der Waals surface area contributed by atoms with Crippen molar-refractivity contribution in [1.29, 1.82) is 0 Å². The van der Waals surface area contributed by atoms with Crippen LogP contribution in [0.25, 0.3) is 0 Å². The molecule has 0 radical (unpaired) electrons. The van der Waals surface area contributed by atoms with Crippen LogP contribution < -0.4 is 10.1 Å². The third kappa shape index (κ3) is 2.33. The third-order valence-corrected chi connectivity index (χ3v) is 4.35. The number of aromatic hydroxyl groups is 1. The summed E-state index contributed by atoms with van der Waals surface area (Å²) in [7, 11) is 1.67. The fourth-order valence-corrected chi connectivity index (χ4v) is 3.43. The van der Waals surface area contributed by atoms with Crippen LogP contribution in [0.15, 0.2) is 36.4 Å². The molecule has 2 aromatic rings. The molecule has 2 N–H and O–H groups in total. The largest absolute Gasteiger partial charge is 0.508 e. The van der Waals surface area contributed by atoms with E-state index < -0.39 is 0 Å². The molecule has 21 heavy (non-hydrogen) atoms. The highest BCUT2D eigenvalue weighted by molar-refractivity contribution is 5.60. The standard InChI is InChI=1S/C18H21NO2/c1-11-8-9-15(20)18-14(10-12(2)17(11)18)19-13-6-4-5-7-16(13)21-3/h4-9,12,14,19-20H,10H2,1-3H3. The Balaban J connectivity index is 1.99. The summed E-state index contributed by atoms with van der Waals surface area (Å²) in [5.74, 6) is 1.65. The topological polar surface area (TPSA) is 41.5 Å². The average molecular weight is 283 g/mol. The van der Waals surface area contributed by atoms with Gasteiger partial charge >= 0.3 is 0 Å². The Bertz CT molecular complexity index is 666. The Kier molecular flexibility index (Phi) is 3.50. The average Bonchev–Trinajstić information content (AvgIpc) is 2.81. The van der Waals surface area contributed by atoms with E-state index in [1.165, 1.54) is 11.1 Å². The van der Waals surface area contributed by atoms with Crippen LogP contribution in [0, 0.1) is 6.92 Å². The Morgan fingerprint density at radius 3 is 2.67 bits per heavy atom. The first kappa shape index (κ1) is 13.8. The Labute approximate surface area is 125 Å². The number of ether oxygens (including phenoxy) is 1. The van der Waals surface area contributed by atoms with Crippen molar-refractivity contribution in [2.24, 2.45) is 0 Å². The van der Waals surface area contributed by atoms with Gasteiger partial charge in [-0.25, -0.2) is 0 Å². The molecule has 3 rings (SSSR count). The van der Waals surface area contributed by atoms with E-state index in [0.29, 0.717) is 11.7 Å².